The van der Waals surface area contributed by atoms with E-state index in [1.54, 1.807) is 44.6 Å². The summed E-state index contributed by atoms with van der Waals surface area (Å²) in [5.41, 5.74) is 0.568. The highest BCUT2D eigenvalue weighted by atomic mass is 16.5. The fraction of sp³-hybridized carbons (Fsp3) is 0.214. The molecule has 0 unspecified atom stereocenters. The van der Waals surface area contributed by atoms with Gasteiger partial charge in [0.2, 0.25) is 5.91 Å². The van der Waals surface area contributed by atoms with Crippen LogP contribution in [0.5, 0.6) is 11.5 Å². The summed E-state index contributed by atoms with van der Waals surface area (Å²) in [7, 11) is 3.11. The largest absolute Gasteiger partial charge is 0.497 e. The molecule has 1 aromatic heterocycles. The highest BCUT2D eigenvalue weighted by molar-refractivity contribution is 5.93. The lowest BCUT2D eigenvalue weighted by Gasteiger charge is -2.11. The molecule has 0 saturated heterocycles. The van der Waals surface area contributed by atoms with Crippen LogP contribution in [-0.4, -0.2) is 20.1 Å². The van der Waals surface area contributed by atoms with Crippen LogP contribution in [-0.2, 0) is 11.2 Å². The predicted molar refractivity (Wildman–Crippen MR) is 70.6 cm³/mol. The molecular formula is C14H15NO4. The third-order valence-corrected chi connectivity index (χ3v) is 2.60. The van der Waals surface area contributed by atoms with E-state index in [0.717, 1.165) is 0 Å². The van der Waals surface area contributed by atoms with Crippen molar-refractivity contribution in [3.8, 4) is 11.5 Å². The molecule has 0 aliphatic rings. The lowest BCUT2D eigenvalue weighted by atomic mass is 10.2. The van der Waals surface area contributed by atoms with Crippen molar-refractivity contribution in [1.29, 1.82) is 0 Å². The zero-order chi connectivity index (χ0) is 13.7. The smallest absolute Gasteiger partial charge is 0.232 e. The van der Waals surface area contributed by atoms with E-state index < -0.39 is 0 Å². The molecule has 0 fully saturated rings. The van der Waals surface area contributed by atoms with Crippen LogP contribution in [0, 0.1) is 0 Å². The molecule has 2 rings (SSSR count). The van der Waals surface area contributed by atoms with Gasteiger partial charge in [-0.3, -0.25) is 4.79 Å². The van der Waals surface area contributed by atoms with Crippen molar-refractivity contribution in [3.63, 3.8) is 0 Å². The van der Waals surface area contributed by atoms with Gasteiger partial charge >= 0.3 is 0 Å². The van der Waals surface area contributed by atoms with E-state index in [-0.39, 0.29) is 12.3 Å². The van der Waals surface area contributed by atoms with Crippen LogP contribution in [0.25, 0.3) is 0 Å². The molecule has 19 heavy (non-hydrogen) atoms. The number of ether oxygens (including phenoxy) is 2. The molecule has 0 radical (unpaired) electrons. The number of anilines is 1. The number of methoxy groups -OCH3 is 2. The Balaban J connectivity index is 2.10. The average Bonchev–Trinajstić information content (AvgIpc) is 2.91. The van der Waals surface area contributed by atoms with Gasteiger partial charge in [0.1, 0.15) is 17.3 Å². The summed E-state index contributed by atoms with van der Waals surface area (Å²) in [6.07, 6.45) is 1.71. The minimum absolute atomic E-state index is 0.174. The maximum absolute atomic E-state index is 11.9. The number of nitrogens with one attached hydrogen (secondary N) is 1. The fourth-order valence-corrected chi connectivity index (χ4v) is 1.68. The van der Waals surface area contributed by atoms with Crippen molar-refractivity contribution in [2.75, 3.05) is 19.5 Å². The monoisotopic (exact) mass is 261 g/mol. The first-order valence-electron chi connectivity index (χ1n) is 5.77. The molecule has 5 nitrogen and oxygen atoms in total. The summed E-state index contributed by atoms with van der Waals surface area (Å²) in [6, 6.07) is 8.71. The summed E-state index contributed by atoms with van der Waals surface area (Å²) in [4.78, 5) is 11.9. The van der Waals surface area contributed by atoms with Gasteiger partial charge in [0.25, 0.3) is 0 Å². The van der Waals surface area contributed by atoms with Gasteiger partial charge in [0, 0.05) is 6.07 Å². The molecule has 1 aromatic carbocycles. The molecule has 1 N–H and O–H groups in total. The molecule has 0 spiro atoms. The van der Waals surface area contributed by atoms with Crippen molar-refractivity contribution in [2.45, 2.75) is 6.42 Å². The molecule has 0 saturated carbocycles. The third-order valence-electron chi connectivity index (χ3n) is 2.60. The Morgan fingerprint density at radius 3 is 2.74 bits per heavy atom. The van der Waals surface area contributed by atoms with Crippen LogP contribution in [0.15, 0.2) is 41.0 Å². The number of furan rings is 1. The van der Waals surface area contributed by atoms with Crippen molar-refractivity contribution in [1.82, 2.24) is 0 Å². The molecular weight excluding hydrogens is 246 g/mol. The Bertz CT molecular complexity index is 549. The minimum Gasteiger partial charge on any atom is -0.497 e. The number of rotatable bonds is 5. The van der Waals surface area contributed by atoms with Crippen molar-refractivity contribution in [2.24, 2.45) is 0 Å². The van der Waals surface area contributed by atoms with Crippen LogP contribution >= 0.6 is 0 Å². The molecule has 0 aliphatic heterocycles. The van der Waals surface area contributed by atoms with Gasteiger partial charge in [-0.05, 0) is 24.3 Å². The van der Waals surface area contributed by atoms with Crippen LogP contribution in [0.2, 0.25) is 0 Å². The van der Waals surface area contributed by atoms with Gasteiger partial charge in [-0.15, -0.1) is 0 Å². The summed E-state index contributed by atoms with van der Waals surface area (Å²) in [5.74, 6) is 1.66. The highest BCUT2D eigenvalue weighted by Crippen LogP contribution is 2.28. The lowest BCUT2D eigenvalue weighted by molar-refractivity contribution is -0.115. The Hall–Kier alpha value is -2.43. The first kappa shape index (κ1) is 13.0. The zero-order valence-electron chi connectivity index (χ0n) is 10.8. The number of hydrogen-bond acceptors (Lipinski definition) is 4. The molecule has 0 atom stereocenters. The SMILES string of the molecule is COc1ccc(OC)c(NC(=O)Cc2ccco2)c1. The van der Waals surface area contributed by atoms with E-state index in [1.165, 1.54) is 6.26 Å². The second-order valence-corrected chi connectivity index (χ2v) is 3.87. The summed E-state index contributed by atoms with van der Waals surface area (Å²) in [6.45, 7) is 0. The normalized spacial score (nSPS) is 10.0. The van der Waals surface area contributed by atoms with Gasteiger partial charge in [-0.2, -0.15) is 0 Å². The molecule has 2 aromatic rings. The topological polar surface area (TPSA) is 60.7 Å². The zero-order valence-corrected chi connectivity index (χ0v) is 10.8. The van der Waals surface area contributed by atoms with E-state index in [1.807, 2.05) is 0 Å². The van der Waals surface area contributed by atoms with Crippen LogP contribution in [0.1, 0.15) is 5.76 Å². The van der Waals surface area contributed by atoms with E-state index in [4.69, 9.17) is 13.9 Å². The van der Waals surface area contributed by atoms with E-state index >= 15 is 0 Å². The van der Waals surface area contributed by atoms with Crippen LogP contribution < -0.4 is 14.8 Å². The van der Waals surface area contributed by atoms with E-state index in [9.17, 15) is 4.79 Å². The Labute approximate surface area is 111 Å². The fourth-order valence-electron chi connectivity index (χ4n) is 1.68. The highest BCUT2D eigenvalue weighted by Gasteiger charge is 2.10. The third kappa shape index (κ3) is 3.28. The Morgan fingerprint density at radius 2 is 2.11 bits per heavy atom. The van der Waals surface area contributed by atoms with Gasteiger partial charge in [-0.1, -0.05) is 0 Å². The first-order valence-corrected chi connectivity index (χ1v) is 5.77. The number of carbonyl (C=O) groups excluding carboxylic acids is 1. The maximum Gasteiger partial charge on any atom is 0.232 e. The predicted octanol–water partition coefficient (Wildman–Crippen LogP) is 2.48. The minimum atomic E-state index is -0.179. The van der Waals surface area contributed by atoms with Gasteiger partial charge in [-0.25, -0.2) is 0 Å². The summed E-state index contributed by atoms with van der Waals surface area (Å²) < 4.78 is 15.4. The Kier molecular flexibility index (Phi) is 4.07. The average molecular weight is 261 g/mol. The number of hydrogen-bond donors (Lipinski definition) is 1. The van der Waals surface area contributed by atoms with Crippen LogP contribution in [0.3, 0.4) is 0 Å². The quantitative estimate of drug-likeness (QED) is 0.898. The number of benzene rings is 1. The molecule has 100 valence electrons. The van der Waals surface area contributed by atoms with Crippen molar-refractivity contribution < 1.29 is 18.7 Å². The van der Waals surface area contributed by atoms with Crippen molar-refractivity contribution >= 4 is 11.6 Å². The lowest BCUT2D eigenvalue weighted by Crippen LogP contribution is -2.14. The van der Waals surface area contributed by atoms with E-state index in [0.29, 0.717) is 22.9 Å². The van der Waals surface area contributed by atoms with E-state index in [2.05, 4.69) is 5.32 Å². The van der Waals surface area contributed by atoms with Gasteiger partial charge in [0.15, 0.2) is 0 Å². The standard InChI is InChI=1S/C14H15NO4/c1-17-10-5-6-13(18-2)12(8-10)15-14(16)9-11-4-3-7-19-11/h3-8H,9H2,1-2H3,(H,15,16). The summed E-state index contributed by atoms with van der Waals surface area (Å²) >= 11 is 0. The van der Waals surface area contributed by atoms with Gasteiger partial charge < -0.3 is 19.2 Å². The number of carbonyl (C=O) groups is 1. The molecule has 0 bridgehead atoms. The Morgan fingerprint density at radius 1 is 1.26 bits per heavy atom. The van der Waals surface area contributed by atoms with Gasteiger partial charge in [0.05, 0.1) is 32.6 Å². The maximum atomic E-state index is 11.9. The van der Waals surface area contributed by atoms with Crippen LogP contribution in [0.4, 0.5) is 5.69 Å². The summed E-state index contributed by atoms with van der Waals surface area (Å²) in [5, 5.41) is 2.77. The first-order chi connectivity index (χ1) is 9.22. The molecule has 1 amide bonds. The molecule has 1 heterocycles. The number of amides is 1. The second-order valence-electron chi connectivity index (χ2n) is 3.87. The molecule has 0 aliphatic carbocycles. The molecule has 5 heteroatoms. The second kappa shape index (κ2) is 5.95. The van der Waals surface area contributed by atoms with Crippen molar-refractivity contribution in [3.05, 3.63) is 42.4 Å².